The number of ether oxygens (including phenoxy) is 1. The van der Waals surface area contributed by atoms with Gasteiger partial charge in [-0.2, -0.15) is 13.2 Å². The van der Waals surface area contributed by atoms with Crippen LogP contribution in [-0.2, 0) is 4.79 Å². The third kappa shape index (κ3) is 5.84. The molecule has 6 nitrogen and oxygen atoms in total. The highest BCUT2D eigenvalue weighted by atomic mass is 19.4. The van der Waals surface area contributed by atoms with Gasteiger partial charge in [-0.1, -0.05) is 12.1 Å². The van der Waals surface area contributed by atoms with Crippen LogP contribution in [0.1, 0.15) is 12.8 Å². The molecule has 0 saturated heterocycles. The number of alkyl halides is 3. The van der Waals surface area contributed by atoms with E-state index in [1.807, 2.05) is 18.2 Å². The summed E-state index contributed by atoms with van der Waals surface area (Å²) in [7, 11) is 1.49. The summed E-state index contributed by atoms with van der Waals surface area (Å²) in [6.45, 7) is 0.716. The first-order chi connectivity index (χ1) is 11.9. The number of halogens is 3. The van der Waals surface area contributed by atoms with E-state index in [1.165, 1.54) is 7.05 Å². The minimum Gasteiger partial charge on any atom is -0.482 e. The number of guanidine groups is 1. The summed E-state index contributed by atoms with van der Waals surface area (Å²) in [6.07, 6.45) is -4.51. The van der Waals surface area contributed by atoms with Crippen LogP contribution in [0.25, 0.3) is 0 Å². The molecule has 9 heteroatoms. The number of benzene rings is 1. The summed E-state index contributed by atoms with van der Waals surface area (Å²) in [6, 6.07) is 7.29. The number of rotatable bonds is 6. The summed E-state index contributed by atoms with van der Waals surface area (Å²) in [5.74, 6) is 0.851. The van der Waals surface area contributed by atoms with Gasteiger partial charge in [0.05, 0.1) is 12.1 Å². The fourth-order valence-corrected chi connectivity index (χ4v) is 2.39. The van der Waals surface area contributed by atoms with Crippen LogP contribution in [0.5, 0.6) is 5.75 Å². The highest BCUT2D eigenvalue weighted by Gasteiger charge is 2.26. The largest absolute Gasteiger partial charge is 0.482 e. The van der Waals surface area contributed by atoms with Crippen molar-refractivity contribution in [2.45, 2.75) is 19.0 Å². The van der Waals surface area contributed by atoms with Crippen LogP contribution in [0, 0.1) is 0 Å². The van der Waals surface area contributed by atoms with Crippen LogP contribution in [0.2, 0.25) is 0 Å². The van der Waals surface area contributed by atoms with Gasteiger partial charge in [-0.3, -0.25) is 9.79 Å². The summed E-state index contributed by atoms with van der Waals surface area (Å²) in [5.41, 5.74) is 0.728. The molecule has 0 atom stereocenters. The highest BCUT2D eigenvalue weighted by Crippen LogP contribution is 2.31. The Morgan fingerprint density at radius 2 is 2.00 bits per heavy atom. The zero-order valence-electron chi connectivity index (χ0n) is 13.9. The number of nitrogens with zero attached hydrogens (tertiary/aromatic N) is 2. The summed E-state index contributed by atoms with van der Waals surface area (Å²) in [5, 5.41) is 5.54. The number of carbonyl (C=O) groups excluding carboxylic acids is 1. The molecule has 0 spiro atoms. The predicted octanol–water partition coefficient (Wildman–Crippen LogP) is 1.92. The first-order valence-electron chi connectivity index (χ1n) is 7.94. The molecular formula is C16H21F3N4O2. The van der Waals surface area contributed by atoms with Gasteiger partial charge in [-0.15, -0.1) is 0 Å². The number of para-hydroxylation sites is 2. The summed E-state index contributed by atoms with van der Waals surface area (Å²) < 4.78 is 41.8. The Bertz CT molecular complexity index is 620. The fourth-order valence-electron chi connectivity index (χ4n) is 2.39. The Hall–Kier alpha value is -2.45. The van der Waals surface area contributed by atoms with E-state index in [-0.39, 0.29) is 19.1 Å². The van der Waals surface area contributed by atoms with Crippen LogP contribution in [0.3, 0.4) is 0 Å². The van der Waals surface area contributed by atoms with Crippen LogP contribution >= 0.6 is 0 Å². The Morgan fingerprint density at radius 1 is 1.28 bits per heavy atom. The molecule has 0 aliphatic carbocycles. The molecule has 1 aliphatic rings. The number of nitrogens with one attached hydrogen (secondary N) is 2. The maximum absolute atomic E-state index is 12.1. The number of aliphatic imine (C=N–C) groups is 1. The molecule has 0 unspecified atom stereocenters. The molecule has 1 amide bonds. The third-order valence-electron chi connectivity index (χ3n) is 3.58. The van der Waals surface area contributed by atoms with Gasteiger partial charge < -0.3 is 20.3 Å². The van der Waals surface area contributed by atoms with Crippen molar-refractivity contribution in [3.63, 3.8) is 0 Å². The van der Waals surface area contributed by atoms with Crippen molar-refractivity contribution < 1.29 is 22.7 Å². The monoisotopic (exact) mass is 358 g/mol. The van der Waals surface area contributed by atoms with Gasteiger partial charge in [0.15, 0.2) is 12.6 Å². The predicted molar refractivity (Wildman–Crippen MR) is 88.9 cm³/mol. The van der Waals surface area contributed by atoms with Crippen molar-refractivity contribution in [1.29, 1.82) is 0 Å². The van der Waals surface area contributed by atoms with E-state index in [4.69, 9.17) is 4.74 Å². The van der Waals surface area contributed by atoms with Crippen molar-refractivity contribution >= 4 is 17.6 Å². The number of fused-ring (bicyclic) bond motifs is 1. The zero-order valence-corrected chi connectivity index (χ0v) is 13.9. The van der Waals surface area contributed by atoms with E-state index in [1.54, 1.807) is 11.0 Å². The molecule has 1 aromatic rings. The Morgan fingerprint density at radius 3 is 2.72 bits per heavy atom. The van der Waals surface area contributed by atoms with Gasteiger partial charge in [-0.25, -0.2) is 0 Å². The first kappa shape index (κ1) is 18.9. The molecule has 138 valence electrons. The molecular weight excluding hydrogens is 337 g/mol. The maximum atomic E-state index is 12.1. The lowest BCUT2D eigenvalue weighted by atomic mass is 10.2. The minimum atomic E-state index is -4.20. The molecule has 1 aliphatic heterocycles. The molecule has 0 radical (unpaired) electrons. The first-order valence-corrected chi connectivity index (χ1v) is 7.94. The Balaban J connectivity index is 1.76. The average Bonchev–Trinajstić information content (AvgIpc) is 2.57. The number of amides is 1. The molecule has 2 N–H and O–H groups in total. The van der Waals surface area contributed by atoms with Gasteiger partial charge in [0, 0.05) is 26.7 Å². The second kappa shape index (κ2) is 8.59. The second-order valence-corrected chi connectivity index (χ2v) is 5.45. The fraction of sp³-hybridized carbons (Fsp3) is 0.500. The van der Waals surface area contributed by atoms with Gasteiger partial charge in [0.2, 0.25) is 0 Å². The topological polar surface area (TPSA) is 66.0 Å². The highest BCUT2D eigenvalue weighted by molar-refractivity contribution is 5.97. The van der Waals surface area contributed by atoms with E-state index in [0.717, 1.165) is 5.69 Å². The molecule has 2 rings (SSSR count). The normalized spacial score (nSPS) is 14.8. The van der Waals surface area contributed by atoms with Crippen molar-refractivity contribution in [2.75, 3.05) is 38.2 Å². The lowest BCUT2D eigenvalue weighted by Gasteiger charge is -2.29. The lowest BCUT2D eigenvalue weighted by Crippen LogP contribution is -2.42. The zero-order chi connectivity index (χ0) is 18.3. The van der Waals surface area contributed by atoms with Crippen molar-refractivity contribution in [3.05, 3.63) is 24.3 Å². The van der Waals surface area contributed by atoms with Gasteiger partial charge in [0.25, 0.3) is 5.91 Å². The van der Waals surface area contributed by atoms with E-state index in [2.05, 4.69) is 15.6 Å². The standard InChI is InChI=1S/C16H21F3N4O2/c1-20-15(22-9-7-16(17,18)19)21-8-4-10-23-12-5-2-3-6-13(12)25-11-14(23)24/h2-3,5-6H,4,7-11H2,1H3,(H2,20,21,22). The van der Waals surface area contributed by atoms with Gasteiger partial charge in [0.1, 0.15) is 5.75 Å². The van der Waals surface area contributed by atoms with Gasteiger partial charge in [-0.05, 0) is 18.6 Å². The molecule has 1 heterocycles. The second-order valence-electron chi connectivity index (χ2n) is 5.45. The third-order valence-corrected chi connectivity index (χ3v) is 3.58. The van der Waals surface area contributed by atoms with Crippen LogP contribution < -0.4 is 20.3 Å². The van der Waals surface area contributed by atoms with Crippen molar-refractivity contribution in [2.24, 2.45) is 4.99 Å². The maximum Gasteiger partial charge on any atom is 0.390 e. The van der Waals surface area contributed by atoms with E-state index in [0.29, 0.717) is 31.2 Å². The number of hydrogen-bond donors (Lipinski definition) is 2. The summed E-state index contributed by atoms with van der Waals surface area (Å²) in [4.78, 5) is 17.5. The molecule has 0 bridgehead atoms. The van der Waals surface area contributed by atoms with Crippen LogP contribution in [0.4, 0.5) is 18.9 Å². The molecule has 0 aromatic heterocycles. The Kier molecular flexibility index (Phi) is 6.49. The van der Waals surface area contributed by atoms with Crippen molar-refractivity contribution in [3.8, 4) is 5.75 Å². The van der Waals surface area contributed by atoms with E-state index in [9.17, 15) is 18.0 Å². The number of carbonyl (C=O) groups is 1. The number of hydrogen-bond acceptors (Lipinski definition) is 3. The average molecular weight is 358 g/mol. The van der Waals surface area contributed by atoms with E-state index >= 15 is 0 Å². The van der Waals surface area contributed by atoms with Gasteiger partial charge >= 0.3 is 6.18 Å². The molecule has 1 aromatic carbocycles. The van der Waals surface area contributed by atoms with E-state index < -0.39 is 12.6 Å². The van der Waals surface area contributed by atoms with Crippen LogP contribution in [-0.4, -0.2) is 51.3 Å². The Labute approximate surface area is 144 Å². The SMILES string of the molecule is CN=C(NCCCN1C(=O)COc2ccccc21)NCCC(F)(F)F. The minimum absolute atomic E-state index is 0.00507. The quantitative estimate of drug-likeness (QED) is 0.463. The molecule has 0 fully saturated rings. The molecule has 25 heavy (non-hydrogen) atoms. The van der Waals surface area contributed by atoms with Crippen LogP contribution in [0.15, 0.2) is 29.3 Å². The van der Waals surface area contributed by atoms with Crippen molar-refractivity contribution in [1.82, 2.24) is 10.6 Å². The molecule has 0 saturated carbocycles. The lowest BCUT2D eigenvalue weighted by molar-refractivity contribution is -0.132. The number of anilines is 1. The smallest absolute Gasteiger partial charge is 0.390 e. The summed E-state index contributed by atoms with van der Waals surface area (Å²) >= 11 is 0.